The smallest absolute Gasteiger partial charge is 0.0924 e. The van der Waals surface area contributed by atoms with E-state index >= 15 is 0 Å². The maximum Gasteiger partial charge on any atom is 0.0924 e. The largest absolute Gasteiger partial charge is 0.254 e. The maximum absolute atomic E-state index is 6.10. The van der Waals surface area contributed by atoms with Crippen molar-refractivity contribution in [3.05, 3.63) is 53.3 Å². The van der Waals surface area contributed by atoms with Gasteiger partial charge in [-0.3, -0.25) is 4.98 Å². The van der Waals surface area contributed by atoms with Gasteiger partial charge in [-0.05, 0) is 30.2 Å². The Bertz CT molecular complexity index is 408. The molecule has 2 aromatic rings. The summed E-state index contributed by atoms with van der Waals surface area (Å²) in [6.45, 7) is 1.98. The fraction of sp³-hybridized carbons (Fsp3) is 0.0833. The molecular weight excluding hydrogens is 194 g/mol. The summed E-state index contributed by atoms with van der Waals surface area (Å²) in [7, 11) is 0. The second-order valence-electron chi connectivity index (χ2n) is 3.08. The van der Waals surface area contributed by atoms with Gasteiger partial charge in [-0.1, -0.05) is 29.8 Å². The third kappa shape index (κ3) is 1.64. The van der Waals surface area contributed by atoms with Gasteiger partial charge < -0.3 is 0 Å². The Balaban J connectivity index is 2.61. The van der Waals surface area contributed by atoms with Crippen LogP contribution in [0, 0.1) is 13.1 Å². The number of nitrogens with zero attached hydrogens (tertiary/aromatic N) is 1. The van der Waals surface area contributed by atoms with E-state index in [1.807, 2.05) is 37.3 Å². The van der Waals surface area contributed by atoms with Gasteiger partial charge in [0.2, 0.25) is 0 Å². The second kappa shape index (κ2) is 3.81. The van der Waals surface area contributed by atoms with E-state index in [1.165, 1.54) is 0 Å². The summed E-state index contributed by atoms with van der Waals surface area (Å²) in [6.07, 6.45) is 4.64. The lowest BCUT2D eigenvalue weighted by Crippen LogP contribution is -1.85. The van der Waals surface area contributed by atoms with Gasteiger partial charge in [-0.15, -0.1) is 0 Å². The van der Waals surface area contributed by atoms with Crippen molar-refractivity contribution in [2.45, 2.75) is 6.92 Å². The van der Waals surface area contributed by atoms with Crippen molar-refractivity contribution in [3.8, 4) is 11.1 Å². The molecule has 0 aliphatic carbocycles. The van der Waals surface area contributed by atoms with E-state index in [9.17, 15) is 0 Å². The average molecular weight is 203 g/mol. The van der Waals surface area contributed by atoms with Crippen molar-refractivity contribution < 1.29 is 0 Å². The number of benzene rings is 1. The molecule has 1 nitrogen and oxygen atoms in total. The minimum atomic E-state index is 0.759. The first-order chi connectivity index (χ1) is 6.79. The van der Waals surface area contributed by atoms with Crippen LogP contribution in [-0.2, 0) is 0 Å². The van der Waals surface area contributed by atoms with Gasteiger partial charge >= 0.3 is 0 Å². The number of aromatic nitrogens is 1. The van der Waals surface area contributed by atoms with E-state index in [1.54, 1.807) is 6.20 Å². The van der Waals surface area contributed by atoms with Gasteiger partial charge in [0.15, 0.2) is 0 Å². The molecule has 0 amide bonds. The number of aryl methyl sites for hydroxylation is 1. The Labute approximate surface area is 88.4 Å². The molecule has 14 heavy (non-hydrogen) atoms. The molecular formula is C12H9ClN. The first-order valence-electron chi connectivity index (χ1n) is 4.37. The molecule has 1 radical (unpaired) electrons. The standard InChI is InChI=1S/C12H9ClN/c1-9-8-14-7-6-10(9)11-4-2-3-5-12(11)13/h2-7H,1H3. The summed E-state index contributed by atoms with van der Waals surface area (Å²) in [5.41, 5.74) is 3.14. The minimum absolute atomic E-state index is 0.759. The molecule has 2 rings (SSSR count). The summed E-state index contributed by atoms with van der Waals surface area (Å²) in [5, 5.41) is 0.759. The first kappa shape index (κ1) is 9.22. The lowest BCUT2D eigenvalue weighted by atomic mass is 10.0. The quantitative estimate of drug-likeness (QED) is 0.690. The van der Waals surface area contributed by atoms with Crippen LogP contribution < -0.4 is 0 Å². The van der Waals surface area contributed by atoms with Crippen LogP contribution in [0.3, 0.4) is 0 Å². The summed E-state index contributed by atoms with van der Waals surface area (Å²) >= 11 is 6.10. The topological polar surface area (TPSA) is 12.9 Å². The van der Waals surface area contributed by atoms with E-state index in [0.717, 1.165) is 21.7 Å². The molecule has 1 heterocycles. The fourth-order valence-corrected chi connectivity index (χ4v) is 1.64. The summed E-state index contributed by atoms with van der Waals surface area (Å²) in [6, 6.07) is 9.73. The molecule has 2 heteroatoms. The van der Waals surface area contributed by atoms with Gasteiger partial charge in [0.25, 0.3) is 0 Å². The molecule has 0 saturated carbocycles. The Kier molecular flexibility index (Phi) is 2.51. The van der Waals surface area contributed by atoms with Crippen molar-refractivity contribution in [3.63, 3.8) is 0 Å². The summed E-state index contributed by atoms with van der Waals surface area (Å²) in [5.74, 6) is 0. The molecule has 0 saturated heterocycles. The van der Waals surface area contributed by atoms with Crippen LogP contribution in [0.25, 0.3) is 11.1 Å². The molecule has 0 aliphatic heterocycles. The molecule has 0 aliphatic rings. The van der Waals surface area contributed by atoms with Crippen molar-refractivity contribution in [1.29, 1.82) is 0 Å². The SMILES string of the molecule is Cc1[c]nccc1-c1ccccc1Cl. The highest BCUT2D eigenvalue weighted by Gasteiger charge is 2.04. The zero-order chi connectivity index (χ0) is 9.97. The predicted molar refractivity (Wildman–Crippen MR) is 58.3 cm³/mol. The number of halogens is 1. The maximum atomic E-state index is 6.10. The van der Waals surface area contributed by atoms with E-state index in [-0.39, 0.29) is 0 Å². The second-order valence-corrected chi connectivity index (χ2v) is 3.48. The van der Waals surface area contributed by atoms with E-state index in [2.05, 4.69) is 11.2 Å². The van der Waals surface area contributed by atoms with Crippen LogP contribution in [0.15, 0.2) is 36.5 Å². The van der Waals surface area contributed by atoms with Crippen LogP contribution in [0.5, 0.6) is 0 Å². The zero-order valence-corrected chi connectivity index (χ0v) is 8.55. The molecule has 0 atom stereocenters. The Hall–Kier alpha value is -1.34. The third-order valence-corrected chi connectivity index (χ3v) is 2.45. The number of pyridine rings is 1. The molecule has 0 unspecified atom stereocenters. The van der Waals surface area contributed by atoms with E-state index in [0.29, 0.717) is 0 Å². The van der Waals surface area contributed by atoms with Crippen molar-refractivity contribution in [2.75, 3.05) is 0 Å². The van der Waals surface area contributed by atoms with Gasteiger partial charge in [-0.2, -0.15) is 0 Å². The highest BCUT2D eigenvalue weighted by Crippen LogP contribution is 2.28. The summed E-state index contributed by atoms with van der Waals surface area (Å²) < 4.78 is 0. The lowest BCUT2D eigenvalue weighted by molar-refractivity contribution is 1.25. The van der Waals surface area contributed by atoms with Crippen molar-refractivity contribution in [1.82, 2.24) is 4.98 Å². The fourth-order valence-electron chi connectivity index (χ4n) is 1.40. The molecule has 69 valence electrons. The van der Waals surface area contributed by atoms with Gasteiger partial charge in [0, 0.05) is 16.8 Å². The van der Waals surface area contributed by atoms with Crippen LogP contribution in [0.1, 0.15) is 5.56 Å². The Morgan fingerprint density at radius 2 is 1.93 bits per heavy atom. The van der Waals surface area contributed by atoms with Crippen LogP contribution in [0.2, 0.25) is 5.02 Å². The first-order valence-corrected chi connectivity index (χ1v) is 4.75. The lowest BCUT2D eigenvalue weighted by Gasteiger charge is -2.05. The molecule has 1 aromatic carbocycles. The highest BCUT2D eigenvalue weighted by atomic mass is 35.5. The van der Waals surface area contributed by atoms with Crippen LogP contribution >= 0.6 is 11.6 Å². The Morgan fingerprint density at radius 1 is 1.14 bits per heavy atom. The van der Waals surface area contributed by atoms with E-state index < -0.39 is 0 Å². The highest BCUT2D eigenvalue weighted by molar-refractivity contribution is 6.33. The van der Waals surface area contributed by atoms with E-state index in [4.69, 9.17) is 11.6 Å². The minimum Gasteiger partial charge on any atom is -0.254 e. The third-order valence-electron chi connectivity index (χ3n) is 2.12. The van der Waals surface area contributed by atoms with Gasteiger partial charge in [-0.25, -0.2) is 0 Å². The van der Waals surface area contributed by atoms with Gasteiger partial charge in [0.1, 0.15) is 0 Å². The molecule has 0 spiro atoms. The van der Waals surface area contributed by atoms with Crippen LogP contribution in [0.4, 0.5) is 0 Å². The normalized spacial score (nSPS) is 10.1. The van der Waals surface area contributed by atoms with Crippen molar-refractivity contribution >= 4 is 11.6 Å². The van der Waals surface area contributed by atoms with Gasteiger partial charge in [0.05, 0.1) is 6.20 Å². The number of rotatable bonds is 1. The predicted octanol–water partition coefficient (Wildman–Crippen LogP) is 3.51. The Morgan fingerprint density at radius 3 is 2.64 bits per heavy atom. The zero-order valence-electron chi connectivity index (χ0n) is 7.79. The average Bonchev–Trinajstić information content (AvgIpc) is 2.20. The summed E-state index contributed by atoms with van der Waals surface area (Å²) in [4.78, 5) is 3.93. The number of hydrogen-bond acceptors (Lipinski definition) is 1. The molecule has 0 N–H and O–H groups in total. The molecule has 0 bridgehead atoms. The van der Waals surface area contributed by atoms with Crippen LogP contribution in [-0.4, -0.2) is 4.98 Å². The number of hydrogen-bond donors (Lipinski definition) is 0. The monoisotopic (exact) mass is 202 g/mol. The van der Waals surface area contributed by atoms with Crippen molar-refractivity contribution in [2.24, 2.45) is 0 Å². The molecule has 1 aromatic heterocycles. The molecule has 0 fully saturated rings.